The molecule has 0 saturated heterocycles. The highest BCUT2D eigenvalue weighted by molar-refractivity contribution is 6.04. The van der Waals surface area contributed by atoms with Crippen LogP contribution in [0.3, 0.4) is 0 Å². The van der Waals surface area contributed by atoms with Crippen LogP contribution < -0.4 is 10.1 Å². The second-order valence-corrected chi connectivity index (χ2v) is 5.38. The number of nitrogens with zero attached hydrogens (tertiary/aromatic N) is 3. The van der Waals surface area contributed by atoms with Gasteiger partial charge < -0.3 is 15.0 Å². The van der Waals surface area contributed by atoms with Gasteiger partial charge in [-0.15, -0.1) is 0 Å². The van der Waals surface area contributed by atoms with E-state index in [1.54, 1.807) is 17.1 Å². The number of benzene rings is 1. The van der Waals surface area contributed by atoms with Crippen molar-refractivity contribution in [3.05, 3.63) is 42.2 Å². The largest absolute Gasteiger partial charge is 0.435 e. The average molecular weight is 352 g/mol. The molecule has 8 heteroatoms. The smallest absolute Gasteiger partial charge is 0.387 e. The van der Waals surface area contributed by atoms with Crippen LogP contribution in [0.4, 0.5) is 14.5 Å². The monoisotopic (exact) mass is 352 g/mol. The zero-order chi connectivity index (χ0) is 18.2. The minimum absolute atomic E-state index is 0.0578. The molecule has 2 rings (SSSR count). The van der Waals surface area contributed by atoms with Crippen LogP contribution in [-0.4, -0.2) is 46.8 Å². The number of amides is 1. The Morgan fingerprint density at radius 3 is 2.80 bits per heavy atom. The molecule has 25 heavy (non-hydrogen) atoms. The zero-order valence-electron chi connectivity index (χ0n) is 14.3. The normalized spacial score (nSPS) is 11.1. The van der Waals surface area contributed by atoms with Crippen LogP contribution in [0.2, 0.25) is 0 Å². The van der Waals surface area contributed by atoms with Crippen LogP contribution in [0.15, 0.2) is 36.7 Å². The molecule has 0 atom stereocenters. The quantitative estimate of drug-likeness (QED) is 0.753. The average Bonchev–Trinajstić information content (AvgIpc) is 3.03. The summed E-state index contributed by atoms with van der Waals surface area (Å²) < 4.78 is 30.5. The number of aromatic nitrogens is 2. The van der Waals surface area contributed by atoms with Crippen molar-refractivity contribution in [3.63, 3.8) is 0 Å². The maximum atomic E-state index is 12.2. The van der Waals surface area contributed by atoms with Gasteiger partial charge in [0.15, 0.2) is 0 Å². The Hall–Kier alpha value is -2.48. The molecule has 1 heterocycles. The summed E-state index contributed by atoms with van der Waals surface area (Å²) >= 11 is 0. The highest BCUT2D eigenvalue weighted by Crippen LogP contribution is 2.17. The molecule has 0 bridgehead atoms. The van der Waals surface area contributed by atoms with E-state index in [1.165, 1.54) is 24.3 Å². The van der Waals surface area contributed by atoms with Gasteiger partial charge in [-0.1, -0.05) is 19.9 Å². The van der Waals surface area contributed by atoms with Gasteiger partial charge in [0.05, 0.1) is 18.4 Å². The number of carbonyl (C=O) groups excluding carboxylic acids is 1. The summed E-state index contributed by atoms with van der Waals surface area (Å²) in [5.41, 5.74) is 0.777. The maximum absolute atomic E-state index is 12.2. The van der Waals surface area contributed by atoms with Crippen molar-refractivity contribution in [2.24, 2.45) is 0 Å². The number of halogens is 2. The number of ether oxygens (including phenoxy) is 1. The van der Waals surface area contributed by atoms with Gasteiger partial charge in [0.1, 0.15) is 5.75 Å². The van der Waals surface area contributed by atoms with Gasteiger partial charge in [-0.25, -0.2) is 0 Å². The second kappa shape index (κ2) is 9.12. The summed E-state index contributed by atoms with van der Waals surface area (Å²) in [7, 11) is 0. The van der Waals surface area contributed by atoms with E-state index in [9.17, 15) is 13.6 Å². The summed E-state index contributed by atoms with van der Waals surface area (Å²) in [4.78, 5) is 14.5. The molecule has 1 N–H and O–H groups in total. The van der Waals surface area contributed by atoms with Crippen LogP contribution in [0, 0.1) is 0 Å². The Morgan fingerprint density at radius 2 is 2.12 bits per heavy atom. The predicted octanol–water partition coefficient (Wildman–Crippen LogP) is 3.08. The molecule has 0 spiro atoms. The molecule has 0 fully saturated rings. The molecule has 1 aromatic heterocycles. The third kappa shape index (κ3) is 5.82. The van der Waals surface area contributed by atoms with Crippen molar-refractivity contribution in [2.45, 2.75) is 27.0 Å². The Balaban J connectivity index is 1.95. The summed E-state index contributed by atoms with van der Waals surface area (Å²) in [6, 6.07) is 5.65. The van der Waals surface area contributed by atoms with Gasteiger partial charge in [0.25, 0.3) is 5.91 Å². The van der Waals surface area contributed by atoms with E-state index in [4.69, 9.17) is 0 Å². The van der Waals surface area contributed by atoms with Gasteiger partial charge in [0.2, 0.25) is 0 Å². The molecule has 2 aromatic rings. The minimum Gasteiger partial charge on any atom is -0.435 e. The molecule has 136 valence electrons. The van der Waals surface area contributed by atoms with Crippen LogP contribution in [0.25, 0.3) is 0 Å². The highest BCUT2D eigenvalue weighted by Gasteiger charge is 2.11. The van der Waals surface area contributed by atoms with Crippen molar-refractivity contribution < 1.29 is 18.3 Å². The molecule has 0 aliphatic rings. The molecule has 0 saturated carbocycles. The molecule has 1 amide bonds. The standard InChI is InChI=1S/C17H22F2N4O2/c1-3-22(4-2)8-9-23-12-14(11-20-23)21-16(24)13-6-5-7-15(10-13)25-17(18)19/h5-7,10-12,17H,3-4,8-9H2,1-2H3,(H,21,24). The lowest BCUT2D eigenvalue weighted by Crippen LogP contribution is -2.27. The minimum atomic E-state index is -2.93. The van der Waals surface area contributed by atoms with E-state index < -0.39 is 12.5 Å². The number of alkyl halides is 2. The summed E-state index contributed by atoms with van der Waals surface area (Å²) in [6.45, 7) is 4.80. The van der Waals surface area contributed by atoms with E-state index >= 15 is 0 Å². The van der Waals surface area contributed by atoms with E-state index in [-0.39, 0.29) is 11.3 Å². The SMILES string of the molecule is CCN(CC)CCn1cc(NC(=O)c2cccc(OC(F)F)c2)cn1. The molecular weight excluding hydrogens is 330 g/mol. The number of hydrogen-bond donors (Lipinski definition) is 1. The lowest BCUT2D eigenvalue weighted by atomic mass is 10.2. The van der Waals surface area contributed by atoms with Gasteiger partial charge in [-0.3, -0.25) is 9.48 Å². The van der Waals surface area contributed by atoms with E-state index in [2.05, 4.69) is 33.9 Å². The van der Waals surface area contributed by atoms with Crippen molar-refractivity contribution in [1.82, 2.24) is 14.7 Å². The van der Waals surface area contributed by atoms with Gasteiger partial charge in [-0.05, 0) is 31.3 Å². The third-order valence-electron chi connectivity index (χ3n) is 3.75. The van der Waals surface area contributed by atoms with Gasteiger partial charge in [0, 0.05) is 18.3 Å². The molecular formula is C17H22F2N4O2. The Kier molecular flexibility index (Phi) is 6.88. The van der Waals surface area contributed by atoms with Crippen LogP contribution in [0.5, 0.6) is 5.75 Å². The Morgan fingerprint density at radius 1 is 1.36 bits per heavy atom. The number of rotatable bonds is 9. The molecule has 1 aromatic carbocycles. The third-order valence-corrected chi connectivity index (χ3v) is 3.75. The van der Waals surface area contributed by atoms with Crippen molar-refractivity contribution in [3.8, 4) is 5.75 Å². The first-order valence-corrected chi connectivity index (χ1v) is 8.12. The van der Waals surface area contributed by atoms with E-state index in [0.29, 0.717) is 5.69 Å². The first-order chi connectivity index (χ1) is 12.0. The van der Waals surface area contributed by atoms with Gasteiger partial charge >= 0.3 is 6.61 Å². The first kappa shape index (κ1) is 18.9. The lowest BCUT2D eigenvalue weighted by molar-refractivity contribution is -0.0498. The van der Waals surface area contributed by atoms with Crippen molar-refractivity contribution >= 4 is 11.6 Å². The lowest BCUT2D eigenvalue weighted by Gasteiger charge is -2.17. The fraction of sp³-hybridized carbons (Fsp3) is 0.412. The summed E-state index contributed by atoms with van der Waals surface area (Å²) in [5, 5.41) is 6.91. The Labute approximate surface area is 145 Å². The van der Waals surface area contributed by atoms with Crippen molar-refractivity contribution in [1.29, 1.82) is 0 Å². The fourth-order valence-electron chi connectivity index (χ4n) is 2.35. The maximum Gasteiger partial charge on any atom is 0.387 e. The zero-order valence-corrected chi connectivity index (χ0v) is 14.3. The number of nitrogens with one attached hydrogen (secondary N) is 1. The molecule has 0 aliphatic heterocycles. The summed E-state index contributed by atoms with van der Waals surface area (Å²) in [6.07, 6.45) is 3.29. The van der Waals surface area contributed by atoms with Crippen molar-refractivity contribution in [2.75, 3.05) is 25.0 Å². The number of hydrogen-bond acceptors (Lipinski definition) is 4. The Bertz CT molecular complexity index is 687. The molecule has 0 aliphatic carbocycles. The van der Waals surface area contributed by atoms with Crippen LogP contribution in [-0.2, 0) is 6.54 Å². The van der Waals surface area contributed by atoms with E-state index in [1.807, 2.05) is 0 Å². The van der Waals surface area contributed by atoms with E-state index in [0.717, 1.165) is 26.2 Å². The number of anilines is 1. The topological polar surface area (TPSA) is 59.4 Å². The number of carbonyl (C=O) groups is 1. The predicted molar refractivity (Wildman–Crippen MR) is 91.0 cm³/mol. The summed E-state index contributed by atoms with van der Waals surface area (Å²) in [5.74, 6) is -0.472. The number of likely N-dealkylation sites (N-methyl/N-ethyl adjacent to an activating group) is 1. The highest BCUT2D eigenvalue weighted by atomic mass is 19.3. The van der Waals surface area contributed by atoms with Crippen LogP contribution in [0.1, 0.15) is 24.2 Å². The molecule has 0 radical (unpaired) electrons. The van der Waals surface area contributed by atoms with Crippen LogP contribution >= 0.6 is 0 Å². The molecule has 0 unspecified atom stereocenters. The second-order valence-electron chi connectivity index (χ2n) is 5.38. The van der Waals surface area contributed by atoms with Gasteiger partial charge in [-0.2, -0.15) is 13.9 Å². The first-order valence-electron chi connectivity index (χ1n) is 8.12. The molecule has 6 nitrogen and oxygen atoms in total. The fourth-order valence-corrected chi connectivity index (χ4v) is 2.35.